The zero-order valence-electron chi connectivity index (χ0n) is 20.2. The number of carbonyl (C=O) groups is 3. The van der Waals surface area contributed by atoms with Crippen molar-refractivity contribution in [2.75, 3.05) is 32.7 Å². The minimum atomic E-state index is -4.68. The van der Waals surface area contributed by atoms with Crippen LogP contribution in [0.2, 0.25) is 0 Å². The van der Waals surface area contributed by atoms with E-state index in [9.17, 15) is 31.9 Å². The lowest BCUT2D eigenvalue weighted by Gasteiger charge is -2.42. The van der Waals surface area contributed by atoms with Crippen molar-refractivity contribution in [1.82, 2.24) is 15.1 Å². The predicted molar refractivity (Wildman–Crippen MR) is 135 cm³/mol. The van der Waals surface area contributed by atoms with Crippen molar-refractivity contribution in [2.24, 2.45) is 0 Å². The molecule has 0 aliphatic carbocycles. The van der Waals surface area contributed by atoms with Crippen LogP contribution >= 0.6 is 15.9 Å². The van der Waals surface area contributed by atoms with Crippen molar-refractivity contribution >= 4 is 39.8 Å². The maximum absolute atomic E-state index is 14.0. The molecule has 2 N–H and O–H groups in total. The van der Waals surface area contributed by atoms with E-state index in [1.165, 1.54) is 0 Å². The summed E-state index contributed by atoms with van der Waals surface area (Å²) >= 11 is 3.39. The number of amides is 2. The number of hydrogen-bond acceptors (Lipinski definition) is 4. The van der Waals surface area contributed by atoms with Gasteiger partial charge in [-0.1, -0.05) is 34.1 Å². The molecule has 1 heterocycles. The van der Waals surface area contributed by atoms with Crippen LogP contribution in [0.5, 0.6) is 0 Å². The largest absolute Gasteiger partial charge is 0.481 e. The van der Waals surface area contributed by atoms with E-state index in [4.69, 9.17) is 5.11 Å². The van der Waals surface area contributed by atoms with Gasteiger partial charge in [0.15, 0.2) is 0 Å². The molecule has 1 aliphatic rings. The highest BCUT2D eigenvalue weighted by Gasteiger charge is 2.32. The number of benzene rings is 2. The Hall–Kier alpha value is -3.25. The van der Waals surface area contributed by atoms with Crippen LogP contribution in [0.3, 0.4) is 0 Å². The fourth-order valence-electron chi connectivity index (χ4n) is 4.09. The molecular weight excluding hydrogens is 574 g/mol. The second-order valence-corrected chi connectivity index (χ2v) is 9.65. The third kappa shape index (κ3) is 8.38. The number of carbonyl (C=O) groups excluding carboxylic acids is 2. The van der Waals surface area contributed by atoms with Gasteiger partial charge < -0.3 is 15.3 Å². The average Bonchev–Trinajstić information content (AvgIpc) is 2.86. The maximum Gasteiger partial charge on any atom is 0.416 e. The molecule has 1 saturated heterocycles. The number of aliphatic carboxylic acids is 1. The van der Waals surface area contributed by atoms with Gasteiger partial charge in [0.05, 0.1) is 18.2 Å². The lowest BCUT2D eigenvalue weighted by molar-refractivity contribution is -0.138. The number of nitrogens with one attached hydrogen (secondary N) is 1. The van der Waals surface area contributed by atoms with E-state index in [0.717, 1.165) is 28.3 Å². The monoisotopic (exact) mass is 599 g/mol. The number of hydrogen-bond donors (Lipinski definition) is 2. The third-order valence-corrected chi connectivity index (χ3v) is 6.59. The Labute approximate surface area is 225 Å². The molecule has 2 aromatic rings. The molecule has 38 heavy (non-hydrogen) atoms. The molecular formula is C26H26BrF4N3O4. The van der Waals surface area contributed by atoms with Gasteiger partial charge >= 0.3 is 12.1 Å². The van der Waals surface area contributed by atoms with Gasteiger partial charge in [-0.25, -0.2) is 4.39 Å². The molecule has 12 heteroatoms. The first-order chi connectivity index (χ1) is 17.9. The van der Waals surface area contributed by atoms with Crippen LogP contribution in [-0.4, -0.2) is 65.4 Å². The summed E-state index contributed by atoms with van der Waals surface area (Å²) in [4.78, 5) is 39.9. The molecule has 0 radical (unpaired) electrons. The Morgan fingerprint density at radius 2 is 1.82 bits per heavy atom. The highest BCUT2D eigenvalue weighted by Crippen LogP contribution is 2.30. The third-order valence-electron chi connectivity index (χ3n) is 6.06. The standard InChI is InChI=1S/C26H26BrF4N3O4/c27-20-8-4-18(5-9-20)22-16-33(11-1-2-25(37)38)12-13-34(22)24(36)15-32-23(35)10-6-17-3-7-19(14-21(17)28)26(29,30)31/h3-10,14,22H,1-2,11-13,15-16H2,(H,32,35)(H,37,38)/b10-6+/t22-/m1/s1. The summed E-state index contributed by atoms with van der Waals surface area (Å²) in [7, 11) is 0. The zero-order valence-corrected chi connectivity index (χ0v) is 21.8. The maximum atomic E-state index is 14.0. The van der Waals surface area contributed by atoms with Crippen molar-refractivity contribution in [1.29, 1.82) is 0 Å². The van der Waals surface area contributed by atoms with E-state index in [-0.39, 0.29) is 30.5 Å². The van der Waals surface area contributed by atoms with Crippen molar-refractivity contribution in [3.63, 3.8) is 0 Å². The molecule has 1 aliphatic heterocycles. The van der Waals surface area contributed by atoms with Gasteiger partial charge in [0.25, 0.3) is 0 Å². The summed E-state index contributed by atoms with van der Waals surface area (Å²) in [6.45, 7) is 1.65. The molecule has 1 atom stereocenters. The lowest BCUT2D eigenvalue weighted by atomic mass is 10.0. The summed E-state index contributed by atoms with van der Waals surface area (Å²) in [6, 6.07) is 9.15. The number of carboxylic acid groups (broad SMARTS) is 1. The number of rotatable bonds is 9. The molecule has 2 aromatic carbocycles. The van der Waals surface area contributed by atoms with Crippen molar-refractivity contribution in [3.8, 4) is 0 Å². The van der Waals surface area contributed by atoms with Gasteiger partial charge in [-0.2, -0.15) is 13.2 Å². The van der Waals surface area contributed by atoms with E-state index < -0.39 is 29.4 Å². The molecule has 7 nitrogen and oxygen atoms in total. The molecule has 0 saturated carbocycles. The van der Waals surface area contributed by atoms with Gasteiger partial charge in [0, 0.05) is 42.2 Å². The topological polar surface area (TPSA) is 89.9 Å². The summed E-state index contributed by atoms with van der Waals surface area (Å²) in [6.07, 6.45) is -2.16. The van der Waals surface area contributed by atoms with E-state index in [2.05, 4.69) is 26.1 Å². The fourth-order valence-corrected chi connectivity index (χ4v) is 4.36. The lowest BCUT2D eigenvalue weighted by Crippen LogP contribution is -2.52. The van der Waals surface area contributed by atoms with Crippen molar-refractivity contribution in [3.05, 3.63) is 75.5 Å². The molecule has 0 spiro atoms. The van der Waals surface area contributed by atoms with E-state index >= 15 is 0 Å². The number of piperazine rings is 1. The van der Waals surface area contributed by atoms with Crippen LogP contribution in [0, 0.1) is 5.82 Å². The number of nitrogens with zero attached hydrogens (tertiary/aromatic N) is 2. The SMILES string of the molecule is O=C(O)CCCN1CCN(C(=O)CNC(=O)/C=C/c2ccc(C(F)(F)F)cc2F)[C@@H](c2ccc(Br)cc2)C1. The van der Waals surface area contributed by atoms with E-state index in [1.54, 1.807) is 4.90 Å². The average molecular weight is 600 g/mol. The minimum absolute atomic E-state index is 0.0536. The van der Waals surface area contributed by atoms with Gasteiger partial charge in [-0.15, -0.1) is 0 Å². The summed E-state index contributed by atoms with van der Waals surface area (Å²) in [5.41, 5.74) is -0.452. The Bertz CT molecular complexity index is 1190. The van der Waals surface area contributed by atoms with Crippen LogP contribution in [-0.2, 0) is 20.6 Å². The Kier molecular flexibility index (Phi) is 10.0. The smallest absolute Gasteiger partial charge is 0.416 e. The summed E-state index contributed by atoms with van der Waals surface area (Å²) in [5, 5.41) is 11.3. The Morgan fingerprint density at radius 3 is 2.45 bits per heavy atom. The van der Waals surface area contributed by atoms with Gasteiger partial charge in [-0.05, 0) is 48.9 Å². The number of halogens is 5. The Morgan fingerprint density at radius 1 is 1.11 bits per heavy atom. The fraction of sp³-hybridized carbons (Fsp3) is 0.346. The van der Waals surface area contributed by atoms with Crippen LogP contribution in [0.4, 0.5) is 17.6 Å². The minimum Gasteiger partial charge on any atom is -0.481 e. The Balaban J connectivity index is 1.62. The molecule has 3 rings (SSSR count). The molecule has 0 bridgehead atoms. The van der Waals surface area contributed by atoms with Crippen molar-refractivity contribution in [2.45, 2.75) is 25.1 Å². The predicted octanol–water partition coefficient (Wildman–Crippen LogP) is 4.49. The normalized spacial score (nSPS) is 16.6. The number of alkyl halides is 3. The molecule has 2 amide bonds. The second kappa shape index (κ2) is 13.0. The first-order valence-electron chi connectivity index (χ1n) is 11.8. The quantitative estimate of drug-likeness (QED) is 0.327. The zero-order chi connectivity index (χ0) is 27.9. The summed E-state index contributed by atoms with van der Waals surface area (Å²) < 4.78 is 52.9. The first-order valence-corrected chi connectivity index (χ1v) is 12.5. The molecule has 0 aromatic heterocycles. The van der Waals surface area contributed by atoms with Gasteiger partial charge in [0.2, 0.25) is 11.8 Å². The highest BCUT2D eigenvalue weighted by molar-refractivity contribution is 9.10. The van der Waals surface area contributed by atoms with Crippen molar-refractivity contribution < 1.29 is 37.1 Å². The molecule has 0 unspecified atom stereocenters. The van der Waals surface area contributed by atoms with Gasteiger partial charge in [0.1, 0.15) is 5.82 Å². The van der Waals surface area contributed by atoms with Crippen LogP contribution in [0.1, 0.15) is 35.6 Å². The number of carboxylic acids is 1. The molecule has 204 valence electrons. The summed E-state index contributed by atoms with van der Waals surface area (Å²) in [5.74, 6) is -3.04. The van der Waals surface area contributed by atoms with Crippen LogP contribution < -0.4 is 5.32 Å². The molecule has 1 fully saturated rings. The van der Waals surface area contributed by atoms with Gasteiger partial charge in [-0.3, -0.25) is 19.3 Å². The van der Waals surface area contributed by atoms with E-state index in [1.807, 2.05) is 24.3 Å². The second-order valence-electron chi connectivity index (χ2n) is 8.74. The van der Waals surface area contributed by atoms with Crippen LogP contribution in [0.15, 0.2) is 53.0 Å². The highest BCUT2D eigenvalue weighted by atomic mass is 79.9. The van der Waals surface area contributed by atoms with E-state index in [0.29, 0.717) is 44.7 Å². The van der Waals surface area contributed by atoms with Crippen LogP contribution in [0.25, 0.3) is 6.08 Å². The first kappa shape index (κ1) is 29.3.